The van der Waals surface area contributed by atoms with Crippen LogP contribution in [0.2, 0.25) is 0 Å². The van der Waals surface area contributed by atoms with Crippen molar-refractivity contribution in [3.63, 3.8) is 0 Å². The second-order valence-electron chi connectivity index (χ2n) is 4.81. The molecule has 6 nitrogen and oxygen atoms in total. The van der Waals surface area contributed by atoms with Crippen molar-refractivity contribution in [3.05, 3.63) is 24.3 Å². The van der Waals surface area contributed by atoms with Gasteiger partial charge in [-0.05, 0) is 37.6 Å². The van der Waals surface area contributed by atoms with Gasteiger partial charge in [0.15, 0.2) is 0 Å². The molecule has 1 amide bonds. The summed E-state index contributed by atoms with van der Waals surface area (Å²) in [5.41, 5.74) is 0. The highest BCUT2D eigenvalue weighted by Gasteiger charge is 2.23. The molecule has 0 aliphatic heterocycles. The average Bonchev–Trinajstić information content (AvgIpc) is 2.46. The van der Waals surface area contributed by atoms with E-state index in [0.29, 0.717) is 5.75 Å². The normalized spacial score (nSPS) is 13.0. The second kappa shape index (κ2) is 7.42. The molecule has 0 saturated heterocycles. The fourth-order valence-corrected chi connectivity index (χ4v) is 2.76. The number of amides is 1. The lowest BCUT2D eigenvalue weighted by molar-refractivity contribution is -0.121. The maximum absolute atomic E-state index is 12.3. The van der Waals surface area contributed by atoms with Crippen LogP contribution in [-0.2, 0) is 14.8 Å². The standard InChI is InChI=1S/C14H22N2O4S/c1-5-11(2)15-14(17)10-16(3)21(18,19)13-8-6-12(20-4)7-9-13/h6-9,11H,5,10H2,1-4H3,(H,15,17)/t11-/m0/s1. The van der Waals surface area contributed by atoms with Crippen molar-refractivity contribution in [3.8, 4) is 5.75 Å². The van der Waals surface area contributed by atoms with Gasteiger partial charge < -0.3 is 10.1 Å². The summed E-state index contributed by atoms with van der Waals surface area (Å²) in [5, 5.41) is 2.74. The van der Waals surface area contributed by atoms with E-state index in [-0.39, 0.29) is 23.4 Å². The Kier molecular flexibility index (Phi) is 6.17. The number of likely N-dealkylation sites (N-methyl/N-ethyl adjacent to an activating group) is 1. The number of methoxy groups -OCH3 is 1. The minimum Gasteiger partial charge on any atom is -0.497 e. The molecule has 0 saturated carbocycles. The Balaban J connectivity index is 2.79. The van der Waals surface area contributed by atoms with Crippen molar-refractivity contribution >= 4 is 15.9 Å². The lowest BCUT2D eigenvalue weighted by Crippen LogP contribution is -2.41. The first kappa shape index (κ1) is 17.5. The zero-order chi connectivity index (χ0) is 16.0. The quantitative estimate of drug-likeness (QED) is 0.821. The molecular weight excluding hydrogens is 292 g/mol. The third-order valence-electron chi connectivity index (χ3n) is 3.15. The Bertz CT molecular complexity index is 569. The van der Waals surface area contributed by atoms with E-state index in [2.05, 4.69) is 5.32 Å². The first-order valence-electron chi connectivity index (χ1n) is 6.71. The van der Waals surface area contributed by atoms with Crippen molar-refractivity contribution in [2.24, 2.45) is 0 Å². The molecule has 0 heterocycles. The van der Waals surface area contributed by atoms with E-state index in [1.807, 2.05) is 13.8 Å². The largest absolute Gasteiger partial charge is 0.497 e. The van der Waals surface area contributed by atoms with Crippen LogP contribution in [-0.4, -0.2) is 45.4 Å². The summed E-state index contributed by atoms with van der Waals surface area (Å²) in [7, 11) is -0.791. The number of ether oxygens (including phenoxy) is 1. The SMILES string of the molecule is CC[C@H](C)NC(=O)CN(C)S(=O)(=O)c1ccc(OC)cc1. The van der Waals surface area contributed by atoms with Crippen LogP contribution in [0.3, 0.4) is 0 Å². The predicted octanol–water partition coefficient (Wildman–Crippen LogP) is 1.23. The molecule has 7 heteroatoms. The zero-order valence-corrected chi connectivity index (χ0v) is 13.6. The number of benzene rings is 1. The van der Waals surface area contributed by atoms with Crippen molar-refractivity contribution in [1.29, 1.82) is 0 Å². The van der Waals surface area contributed by atoms with Crippen LogP contribution in [0.1, 0.15) is 20.3 Å². The number of carbonyl (C=O) groups excluding carboxylic acids is 1. The van der Waals surface area contributed by atoms with Gasteiger partial charge in [-0.3, -0.25) is 4.79 Å². The summed E-state index contributed by atoms with van der Waals surface area (Å²) >= 11 is 0. The number of nitrogens with one attached hydrogen (secondary N) is 1. The Morgan fingerprint density at radius 1 is 1.33 bits per heavy atom. The molecule has 0 aliphatic carbocycles. The second-order valence-corrected chi connectivity index (χ2v) is 6.86. The zero-order valence-electron chi connectivity index (χ0n) is 12.8. The molecule has 0 aliphatic rings. The van der Waals surface area contributed by atoms with E-state index < -0.39 is 10.0 Å². The van der Waals surface area contributed by atoms with Crippen LogP contribution in [0, 0.1) is 0 Å². The number of hydrogen-bond acceptors (Lipinski definition) is 4. The molecule has 0 unspecified atom stereocenters. The van der Waals surface area contributed by atoms with Crippen molar-refractivity contribution < 1.29 is 17.9 Å². The maximum atomic E-state index is 12.3. The van der Waals surface area contributed by atoms with E-state index >= 15 is 0 Å². The van der Waals surface area contributed by atoms with Gasteiger partial charge in [-0.1, -0.05) is 6.92 Å². The molecule has 118 valence electrons. The first-order chi connectivity index (χ1) is 9.81. The van der Waals surface area contributed by atoms with E-state index in [0.717, 1.165) is 10.7 Å². The minimum absolute atomic E-state index is 0.0228. The Labute approximate surface area is 126 Å². The van der Waals surface area contributed by atoms with Gasteiger partial charge in [0.1, 0.15) is 5.75 Å². The molecule has 21 heavy (non-hydrogen) atoms. The van der Waals surface area contributed by atoms with Crippen molar-refractivity contribution in [1.82, 2.24) is 9.62 Å². The van der Waals surface area contributed by atoms with Crippen LogP contribution >= 0.6 is 0 Å². The van der Waals surface area contributed by atoms with Gasteiger partial charge in [-0.15, -0.1) is 0 Å². The Morgan fingerprint density at radius 2 is 1.90 bits per heavy atom. The van der Waals surface area contributed by atoms with E-state index in [4.69, 9.17) is 4.74 Å². The van der Waals surface area contributed by atoms with E-state index in [1.54, 1.807) is 12.1 Å². The van der Waals surface area contributed by atoms with E-state index in [9.17, 15) is 13.2 Å². The number of rotatable bonds is 7. The molecular formula is C14H22N2O4S. The van der Waals surface area contributed by atoms with Crippen molar-refractivity contribution in [2.75, 3.05) is 20.7 Å². The smallest absolute Gasteiger partial charge is 0.243 e. The van der Waals surface area contributed by atoms with Crippen LogP contribution in [0.5, 0.6) is 5.75 Å². The molecule has 0 spiro atoms. The Morgan fingerprint density at radius 3 is 2.38 bits per heavy atom. The highest BCUT2D eigenvalue weighted by molar-refractivity contribution is 7.89. The molecule has 1 aromatic rings. The molecule has 0 fully saturated rings. The van der Waals surface area contributed by atoms with Crippen LogP contribution in [0.15, 0.2) is 29.2 Å². The topological polar surface area (TPSA) is 75.7 Å². The van der Waals surface area contributed by atoms with Gasteiger partial charge in [0.2, 0.25) is 15.9 Å². The van der Waals surface area contributed by atoms with Crippen LogP contribution in [0.4, 0.5) is 0 Å². The predicted molar refractivity (Wildman–Crippen MR) is 80.7 cm³/mol. The van der Waals surface area contributed by atoms with Gasteiger partial charge in [0.25, 0.3) is 0 Å². The molecule has 1 aromatic carbocycles. The molecule has 0 aromatic heterocycles. The Hall–Kier alpha value is -1.60. The summed E-state index contributed by atoms with van der Waals surface area (Å²) in [6.07, 6.45) is 0.792. The first-order valence-corrected chi connectivity index (χ1v) is 8.15. The lowest BCUT2D eigenvalue weighted by Gasteiger charge is -2.18. The summed E-state index contributed by atoms with van der Waals surface area (Å²) in [6, 6.07) is 6.07. The molecule has 0 bridgehead atoms. The van der Waals surface area contributed by atoms with Crippen molar-refractivity contribution in [2.45, 2.75) is 31.2 Å². The third kappa shape index (κ3) is 4.71. The highest BCUT2D eigenvalue weighted by Crippen LogP contribution is 2.18. The molecule has 1 N–H and O–H groups in total. The highest BCUT2D eigenvalue weighted by atomic mass is 32.2. The van der Waals surface area contributed by atoms with Gasteiger partial charge in [-0.25, -0.2) is 8.42 Å². The van der Waals surface area contributed by atoms with Crippen LogP contribution in [0.25, 0.3) is 0 Å². The summed E-state index contributed by atoms with van der Waals surface area (Å²) in [5.74, 6) is 0.259. The minimum atomic E-state index is -3.68. The molecule has 1 atom stereocenters. The average molecular weight is 314 g/mol. The number of sulfonamides is 1. The molecule has 1 rings (SSSR count). The van der Waals surface area contributed by atoms with Gasteiger partial charge in [0, 0.05) is 13.1 Å². The third-order valence-corrected chi connectivity index (χ3v) is 4.97. The van der Waals surface area contributed by atoms with Gasteiger partial charge >= 0.3 is 0 Å². The monoisotopic (exact) mass is 314 g/mol. The van der Waals surface area contributed by atoms with E-state index in [1.165, 1.54) is 26.3 Å². The van der Waals surface area contributed by atoms with Gasteiger partial charge in [0.05, 0.1) is 18.6 Å². The summed E-state index contributed by atoms with van der Waals surface area (Å²) < 4.78 is 30.7. The maximum Gasteiger partial charge on any atom is 0.243 e. The summed E-state index contributed by atoms with van der Waals surface area (Å²) in [6.45, 7) is 3.61. The number of hydrogen-bond donors (Lipinski definition) is 1. The summed E-state index contributed by atoms with van der Waals surface area (Å²) in [4.78, 5) is 11.9. The number of carbonyl (C=O) groups is 1. The fourth-order valence-electron chi connectivity index (χ4n) is 1.64. The van der Waals surface area contributed by atoms with Crippen LogP contribution < -0.4 is 10.1 Å². The van der Waals surface area contributed by atoms with Gasteiger partial charge in [-0.2, -0.15) is 4.31 Å². The number of nitrogens with zero attached hydrogens (tertiary/aromatic N) is 1. The fraction of sp³-hybridized carbons (Fsp3) is 0.500. The molecule has 0 radical (unpaired) electrons. The lowest BCUT2D eigenvalue weighted by atomic mass is 10.2.